The van der Waals surface area contributed by atoms with Crippen molar-refractivity contribution in [3.8, 4) is 0 Å². The largest absolute Gasteiger partial charge is 0.465 e. The van der Waals surface area contributed by atoms with E-state index in [1.54, 1.807) is 38.1 Å². The van der Waals surface area contributed by atoms with Gasteiger partial charge in [0, 0.05) is 17.2 Å². The van der Waals surface area contributed by atoms with Crippen molar-refractivity contribution < 1.29 is 27.5 Å². The lowest BCUT2D eigenvalue weighted by Crippen LogP contribution is -2.35. The fourth-order valence-electron chi connectivity index (χ4n) is 3.12. The molecule has 0 unspecified atom stereocenters. The average Bonchev–Trinajstić information content (AvgIpc) is 3.20. The van der Waals surface area contributed by atoms with Crippen molar-refractivity contribution in [2.45, 2.75) is 25.0 Å². The standard InChI is InChI=1S/C16H19ClO6S/c1-4-22-14(18)16(15(19)23-5-2)12(13(16)24(3,20)21)10-6-8-11(17)9-7-10/h6-9,12-13H,4-5H2,1-3H3/t12-,13+/m1/s1. The molecule has 0 amide bonds. The van der Waals surface area contributed by atoms with Crippen LogP contribution in [0.1, 0.15) is 25.3 Å². The molecule has 1 fully saturated rings. The Hall–Kier alpha value is -1.60. The number of sulfone groups is 1. The summed E-state index contributed by atoms with van der Waals surface area (Å²) in [6.45, 7) is 3.24. The third kappa shape index (κ3) is 3.02. The Morgan fingerprint density at radius 3 is 1.92 bits per heavy atom. The summed E-state index contributed by atoms with van der Waals surface area (Å²) in [5.41, 5.74) is -1.34. The summed E-state index contributed by atoms with van der Waals surface area (Å²) in [6.07, 6.45) is 1.00. The Kier molecular flexibility index (Phi) is 5.25. The van der Waals surface area contributed by atoms with E-state index in [9.17, 15) is 18.0 Å². The van der Waals surface area contributed by atoms with E-state index in [1.807, 2.05) is 0 Å². The molecule has 0 N–H and O–H groups in total. The molecule has 0 heterocycles. The van der Waals surface area contributed by atoms with Crippen molar-refractivity contribution in [2.24, 2.45) is 5.41 Å². The van der Waals surface area contributed by atoms with Gasteiger partial charge in [-0.05, 0) is 31.5 Å². The summed E-state index contributed by atoms with van der Waals surface area (Å²) in [5, 5.41) is -0.752. The van der Waals surface area contributed by atoms with Crippen LogP contribution in [0.2, 0.25) is 5.02 Å². The zero-order valence-corrected chi connectivity index (χ0v) is 15.2. The van der Waals surface area contributed by atoms with Crippen LogP contribution in [0.25, 0.3) is 0 Å². The molecule has 2 atom stereocenters. The van der Waals surface area contributed by atoms with Crippen LogP contribution in [0.4, 0.5) is 0 Å². The van der Waals surface area contributed by atoms with Gasteiger partial charge in [0.1, 0.15) is 0 Å². The van der Waals surface area contributed by atoms with Crippen LogP contribution in [-0.2, 0) is 28.9 Å². The SMILES string of the molecule is CCOC(=O)C1(C(=O)OCC)[C@H](c2ccc(Cl)cc2)[C@@H]1S(C)(=O)=O. The second-order valence-electron chi connectivity index (χ2n) is 5.59. The van der Waals surface area contributed by atoms with Gasteiger partial charge in [-0.15, -0.1) is 0 Å². The zero-order chi connectivity index (χ0) is 18.1. The number of carbonyl (C=O) groups excluding carboxylic acids is 2. The summed E-state index contributed by atoms with van der Waals surface area (Å²) in [5.74, 6) is -2.61. The van der Waals surface area contributed by atoms with Gasteiger partial charge in [0.25, 0.3) is 0 Å². The minimum atomic E-state index is -3.71. The lowest BCUT2D eigenvalue weighted by Gasteiger charge is -2.15. The van der Waals surface area contributed by atoms with E-state index in [1.165, 1.54) is 0 Å². The molecule has 0 aliphatic heterocycles. The van der Waals surface area contributed by atoms with Crippen LogP contribution < -0.4 is 0 Å². The van der Waals surface area contributed by atoms with E-state index in [4.69, 9.17) is 21.1 Å². The van der Waals surface area contributed by atoms with Gasteiger partial charge in [-0.25, -0.2) is 8.42 Å². The van der Waals surface area contributed by atoms with E-state index >= 15 is 0 Å². The van der Waals surface area contributed by atoms with E-state index in [-0.39, 0.29) is 13.2 Å². The molecule has 24 heavy (non-hydrogen) atoms. The van der Waals surface area contributed by atoms with E-state index in [0.717, 1.165) is 6.26 Å². The topological polar surface area (TPSA) is 86.7 Å². The Balaban J connectivity index is 2.58. The number of ether oxygens (including phenoxy) is 2. The van der Waals surface area contributed by atoms with Crippen LogP contribution in [0.15, 0.2) is 24.3 Å². The highest BCUT2D eigenvalue weighted by Gasteiger charge is 2.80. The van der Waals surface area contributed by atoms with Gasteiger partial charge in [-0.2, -0.15) is 0 Å². The number of carbonyl (C=O) groups is 2. The number of hydrogen-bond donors (Lipinski definition) is 0. The van der Waals surface area contributed by atoms with E-state index in [2.05, 4.69) is 0 Å². The van der Waals surface area contributed by atoms with Gasteiger partial charge >= 0.3 is 11.9 Å². The molecule has 1 aliphatic carbocycles. The Morgan fingerprint density at radius 2 is 1.54 bits per heavy atom. The minimum Gasteiger partial charge on any atom is -0.465 e. The van der Waals surface area contributed by atoms with Crippen molar-refractivity contribution in [2.75, 3.05) is 19.5 Å². The molecule has 1 aromatic carbocycles. The maximum Gasteiger partial charge on any atom is 0.325 e. The van der Waals surface area contributed by atoms with Crippen molar-refractivity contribution in [3.05, 3.63) is 34.9 Å². The van der Waals surface area contributed by atoms with E-state index in [0.29, 0.717) is 10.6 Å². The third-order valence-electron chi connectivity index (χ3n) is 4.05. The van der Waals surface area contributed by atoms with Crippen LogP contribution in [0, 0.1) is 5.41 Å². The van der Waals surface area contributed by atoms with Crippen molar-refractivity contribution >= 4 is 33.4 Å². The molecule has 0 bridgehead atoms. The zero-order valence-electron chi connectivity index (χ0n) is 13.6. The molecule has 1 saturated carbocycles. The molecule has 0 aromatic heterocycles. The monoisotopic (exact) mass is 374 g/mol. The Morgan fingerprint density at radius 1 is 1.08 bits per heavy atom. The fourth-order valence-corrected chi connectivity index (χ4v) is 5.05. The van der Waals surface area contributed by atoms with Gasteiger partial charge in [-0.1, -0.05) is 23.7 Å². The highest BCUT2D eigenvalue weighted by molar-refractivity contribution is 7.91. The first-order valence-electron chi connectivity index (χ1n) is 7.50. The molecule has 132 valence electrons. The molecule has 0 saturated heterocycles. The second-order valence-corrected chi connectivity index (χ2v) is 8.19. The van der Waals surface area contributed by atoms with Gasteiger partial charge < -0.3 is 9.47 Å². The van der Waals surface area contributed by atoms with Crippen molar-refractivity contribution in [1.82, 2.24) is 0 Å². The average molecular weight is 375 g/mol. The van der Waals surface area contributed by atoms with Crippen molar-refractivity contribution in [3.63, 3.8) is 0 Å². The van der Waals surface area contributed by atoms with Crippen molar-refractivity contribution in [1.29, 1.82) is 0 Å². The molecule has 2 rings (SSSR count). The maximum atomic E-state index is 12.5. The highest BCUT2D eigenvalue weighted by atomic mass is 35.5. The summed E-state index contributed by atoms with van der Waals surface area (Å²) in [7, 11) is -3.71. The number of halogens is 1. The molecular formula is C16H19ClO6S. The lowest BCUT2D eigenvalue weighted by atomic mass is 9.99. The number of benzene rings is 1. The maximum absolute atomic E-state index is 12.5. The summed E-state index contributed by atoms with van der Waals surface area (Å²) in [6, 6.07) is 6.36. The summed E-state index contributed by atoms with van der Waals surface area (Å²) >= 11 is 5.86. The number of hydrogen-bond acceptors (Lipinski definition) is 6. The lowest BCUT2D eigenvalue weighted by molar-refractivity contribution is -0.164. The van der Waals surface area contributed by atoms with Gasteiger partial charge in [-0.3, -0.25) is 9.59 Å². The fraction of sp³-hybridized carbons (Fsp3) is 0.500. The molecule has 8 heteroatoms. The predicted octanol–water partition coefficient (Wildman–Crippen LogP) is 1.96. The smallest absolute Gasteiger partial charge is 0.325 e. The molecule has 1 aliphatic rings. The predicted molar refractivity (Wildman–Crippen MR) is 88.5 cm³/mol. The van der Waals surface area contributed by atoms with Crippen LogP contribution in [-0.4, -0.2) is 45.1 Å². The third-order valence-corrected chi connectivity index (χ3v) is 5.87. The first kappa shape index (κ1) is 18.7. The van der Waals surface area contributed by atoms with Crippen LogP contribution in [0.3, 0.4) is 0 Å². The van der Waals surface area contributed by atoms with Gasteiger partial charge in [0.15, 0.2) is 15.3 Å². The molecule has 0 spiro atoms. The van der Waals surface area contributed by atoms with Crippen LogP contribution >= 0.6 is 11.6 Å². The quantitative estimate of drug-likeness (QED) is 0.558. The highest BCUT2D eigenvalue weighted by Crippen LogP contribution is 2.64. The number of esters is 2. The normalized spacial score (nSPS) is 21.8. The molecule has 1 aromatic rings. The minimum absolute atomic E-state index is 0.0316. The van der Waals surface area contributed by atoms with E-state index < -0.39 is 38.4 Å². The summed E-state index contributed by atoms with van der Waals surface area (Å²) < 4.78 is 34.5. The first-order chi connectivity index (χ1) is 11.2. The Labute approximate surface area is 146 Å². The first-order valence-corrected chi connectivity index (χ1v) is 9.83. The van der Waals surface area contributed by atoms with Crippen LogP contribution in [0.5, 0.6) is 0 Å². The molecule has 0 radical (unpaired) electrons. The second kappa shape index (κ2) is 6.72. The molecular weight excluding hydrogens is 356 g/mol. The van der Waals surface area contributed by atoms with Gasteiger partial charge in [0.2, 0.25) is 0 Å². The van der Waals surface area contributed by atoms with Gasteiger partial charge in [0.05, 0.1) is 18.5 Å². The summed E-state index contributed by atoms with van der Waals surface area (Å²) in [4.78, 5) is 25.1. The molecule has 6 nitrogen and oxygen atoms in total. The number of rotatable bonds is 6. The Bertz CT molecular complexity index is 722.